The van der Waals surface area contributed by atoms with Crippen molar-refractivity contribution in [2.75, 3.05) is 5.43 Å². The minimum atomic E-state index is -1.19. The molecule has 2 N–H and O–H groups in total. The van der Waals surface area contributed by atoms with Gasteiger partial charge in [0, 0.05) is 6.07 Å². The summed E-state index contributed by atoms with van der Waals surface area (Å²) in [4.78, 5) is 20.5. The Kier molecular flexibility index (Phi) is 3.54. The molecule has 0 saturated carbocycles. The van der Waals surface area contributed by atoms with Crippen molar-refractivity contribution in [3.8, 4) is 0 Å². The second-order valence-electron chi connectivity index (χ2n) is 2.89. The maximum atomic E-state index is 10.6. The van der Waals surface area contributed by atoms with E-state index in [1.165, 1.54) is 25.1 Å². The van der Waals surface area contributed by atoms with E-state index < -0.39 is 10.9 Å². The zero-order valence-corrected chi connectivity index (χ0v) is 8.38. The maximum absolute atomic E-state index is 10.6. The van der Waals surface area contributed by atoms with Crippen LogP contribution >= 0.6 is 0 Å². The van der Waals surface area contributed by atoms with E-state index in [9.17, 15) is 14.9 Å². The van der Waals surface area contributed by atoms with Crippen LogP contribution in [0.2, 0.25) is 0 Å². The molecule has 7 nitrogen and oxygen atoms in total. The zero-order chi connectivity index (χ0) is 12.1. The molecule has 0 bridgehead atoms. The minimum Gasteiger partial charge on any atom is -0.477 e. The highest BCUT2D eigenvalue weighted by molar-refractivity contribution is 6.34. The van der Waals surface area contributed by atoms with E-state index in [0.717, 1.165) is 0 Å². The summed E-state index contributed by atoms with van der Waals surface area (Å²) < 4.78 is 0. The van der Waals surface area contributed by atoms with Crippen LogP contribution in [0.3, 0.4) is 0 Å². The Bertz CT molecular complexity index is 456. The van der Waals surface area contributed by atoms with Crippen LogP contribution < -0.4 is 5.43 Å². The molecule has 16 heavy (non-hydrogen) atoms. The molecular weight excluding hydrogens is 214 g/mol. The zero-order valence-electron chi connectivity index (χ0n) is 8.38. The van der Waals surface area contributed by atoms with Crippen LogP contribution in [0.5, 0.6) is 0 Å². The van der Waals surface area contributed by atoms with Crippen LogP contribution in [0.1, 0.15) is 6.92 Å². The summed E-state index contributed by atoms with van der Waals surface area (Å²) in [5.41, 5.74) is 2.14. The molecule has 0 aliphatic rings. The van der Waals surface area contributed by atoms with Crippen LogP contribution in [0, 0.1) is 10.1 Å². The molecule has 0 fully saturated rings. The number of nitro benzene ring substituents is 1. The summed E-state index contributed by atoms with van der Waals surface area (Å²) in [5, 5.41) is 22.6. The highest BCUT2D eigenvalue weighted by Gasteiger charge is 2.11. The first kappa shape index (κ1) is 11.6. The summed E-state index contributed by atoms with van der Waals surface area (Å²) in [5.74, 6) is -1.19. The van der Waals surface area contributed by atoms with Crippen LogP contribution in [-0.2, 0) is 4.79 Å². The Hall–Kier alpha value is -2.44. The number of anilines is 1. The molecule has 1 rings (SSSR count). The number of carboxylic acid groups (broad SMARTS) is 1. The van der Waals surface area contributed by atoms with Crippen molar-refractivity contribution in [3.05, 3.63) is 34.4 Å². The molecule has 7 heteroatoms. The van der Waals surface area contributed by atoms with Gasteiger partial charge in [-0.3, -0.25) is 15.5 Å². The fourth-order valence-electron chi connectivity index (χ4n) is 0.919. The number of para-hydroxylation sites is 2. The number of nitrogens with one attached hydrogen (secondary N) is 1. The van der Waals surface area contributed by atoms with Gasteiger partial charge in [0.15, 0.2) is 0 Å². The molecule has 0 aromatic heterocycles. The number of hydrazone groups is 1. The Balaban J connectivity index is 2.94. The van der Waals surface area contributed by atoms with Gasteiger partial charge in [0.1, 0.15) is 11.4 Å². The van der Waals surface area contributed by atoms with Crippen LogP contribution in [-0.4, -0.2) is 21.7 Å². The minimum absolute atomic E-state index is 0.146. The summed E-state index contributed by atoms with van der Waals surface area (Å²) >= 11 is 0. The number of hydrogen-bond donors (Lipinski definition) is 2. The molecule has 0 heterocycles. The van der Waals surface area contributed by atoms with Gasteiger partial charge < -0.3 is 5.11 Å². The van der Waals surface area contributed by atoms with E-state index in [1.807, 2.05) is 0 Å². The van der Waals surface area contributed by atoms with Crippen molar-refractivity contribution in [1.29, 1.82) is 0 Å². The van der Waals surface area contributed by atoms with Crippen molar-refractivity contribution in [3.63, 3.8) is 0 Å². The van der Waals surface area contributed by atoms with Gasteiger partial charge in [-0.05, 0) is 13.0 Å². The fourth-order valence-corrected chi connectivity index (χ4v) is 0.919. The van der Waals surface area contributed by atoms with Gasteiger partial charge in [-0.25, -0.2) is 4.79 Å². The number of carbonyl (C=O) groups is 1. The highest BCUT2D eigenvalue weighted by Crippen LogP contribution is 2.22. The van der Waals surface area contributed by atoms with Gasteiger partial charge in [-0.2, -0.15) is 5.10 Å². The van der Waals surface area contributed by atoms with E-state index >= 15 is 0 Å². The molecule has 0 saturated heterocycles. The lowest BCUT2D eigenvalue weighted by Gasteiger charge is -2.01. The molecule has 0 unspecified atom stereocenters. The van der Waals surface area contributed by atoms with Gasteiger partial charge in [-0.1, -0.05) is 12.1 Å². The number of nitro groups is 1. The normalized spacial score (nSPS) is 10.9. The van der Waals surface area contributed by atoms with Crippen LogP contribution in [0.15, 0.2) is 29.4 Å². The molecular formula is C9H9N3O4. The number of aliphatic carboxylic acids is 1. The SMILES string of the molecule is C/C(=N/Nc1ccccc1[N+](=O)[O-])C(=O)O. The fraction of sp³-hybridized carbons (Fsp3) is 0.111. The third-order valence-corrected chi connectivity index (χ3v) is 1.75. The van der Waals surface area contributed by atoms with Crippen molar-refractivity contribution >= 4 is 23.1 Å². The Labute approximate surface area is 90.6 Å². The molecule has 0 radical (unpaired) electrons. The molecule has 0 atom stereocenters. The van der Waals surface area contributed by atoms with Crippen LogP contribution in [0.25, 0.3) is 0 Å². The summed E-state index contributed by atoms with van der Waals surface area (Å²) in [6.07, 6.45) is 0. The molecule has 0 aliphatic carbocycles. The van der Waals surface area contributed by atoms with E-state index in [2.05, 4.69) is 10.5 Å². The first-order valence-corrected chi connectivity index (χ1v) is 4.29. The lowest BCUT2D eigenvalue weighted by atomic mass is 10.3. The summed E-state index contributed by atoms with van der Waals surface area (Å²) in [7, 11) is 0. The average Bonchev–Trinajstić information content (AvgIpc) is 2.25. The number of nitrogens with zero attached hydrogens (tertiary/aromatic N) is 2. The number of carboxylic acids is 1. The van der Waals surface area contributed by atoms with Gasteiger partial charge in [0.25, 0.3) is 5.69 Å². The second kappa shape index (κ2) is 4.87. The largest absolute Gasteiger partial charge is 0.477 e. The third kappa shape index (κ3) is 2.77. The predicted octanol–water partition coefficient (Wildman–Crippen LogP) is 1.47. The first-order valence-electron chi connectivity index (χ1n) is 4.29. The monoisotopic (exact) mass is 223 g/mol. The summed E-state index contributed by atoms with van der Waals surface area (Å²) in [6.45, 7) is 1.28. The smallest absolute Gasteiger partial charge is 0.351 e. The lowest BCUT2D eigenvalue weighted by Crippen LogP contribution is -2.10. The molecule has 0 aliphatic heterocycles. The molecule has 84 valence electrons. The molecule has 0 spiro atoms. The number of benzene rings is 1. The Morgan fingerprint density at radius 1 is 1.50 bits per heavy atom. The topological polar surface area (TPSA) is 105 Å². The Morgan fingerprint density at radius 2 is 2.12 bits per heavy atom. The van der Waals surface area contributed by atoms with Gasteiger partial charge in [-0.15, -0.1) is 0 Å². The maximum Gasteiger partial charge on any atom is 0.351 e. The standard InChI is InChI=1S/C9H9N3O4/c1-6(9(13)14)10-11-7-4-2-3-5-8(7)12(15)16/h2-5,11H,1H3,(H,13,14)/b10-6-. The van der Waals surface area contributed by atoms with Crippen molar-refractivity contribution < 1.29 is 14.8 Å². The average molecular weight is 223 g/mol. The molecule has 1 aromatic carbocycles. The van der Waals surface area contributed by atoms with Crippen molar-refractivity contribution in [2.24, 2.45) is 5.10 Å². The van der Waals surface area contributed by atoms with Crippen molar-refractivity contribution in [1.82, 2.24) is 0 Å². The third-order valence-electron chi connectivity index (χ3n) is 1.75. The van der Waals surface area contributed by atoms with Crippen molar-refractivity contribution in [2.45, 2.75) is 6.92 Å². The molecule has 1 aromatic rings. The van der Waals surface area contributed by atoms with E-state index in [4.69, 9.17) is 5.11 Å². The Morgan fingerprint density at radius 3 is 2.69 bits per heavy atom. The first-order chi connectivity index (χ1) is 7.52. The number of hydrogen-bond acceptors (Lipinski definition) is 5. The second-order valence-corrected chi connectivity index (χ2v) is 2.89. The predicted molar refractivity (Wildman–Crippen MR) is 57.5 cm³/mol. The lowest BCUT2D eigenvalue weighted by molar-refractivity contribution is -0.384. The summed E-state index contributed by atoms with van der Waals surface area (Å²) in [6, 6.07) is 5.84. The van der Waals surface area contributed by atoms with E-state index in [-0.39, 0.29) is 17.1 Å². The van der Waals surface area contributed by atoms with Crippen LogP contribution in [0.4, 0.5) is 11.4 Å². The highest BCUT2D eigenvalue weighted by atomic mass is 16.6. The van der Waals surface area contributed by atoms with E-state index in [1.54, 1.807) is 6.07 Å². The van der Waals surface area contributed by atoms with Gasteiger partial charge in [0.05, 0.1) is 4.92 Å². The number of rotatable bonds is 4. The quantitative estimate of drug-likeness (QED) is 0.456. The molecule has 0 amide bonds. The van der Waals surface area contributed by atoms with Gasteiger partial charge >= 0.3 is 5.97 Å². The van der Waals surface area contributed by atoms with E-state index in [0.29, 0.717) is 0 Å². The van der Waals surface area contributed by atoms with Gasteiger partial charge in [0.2, 0.25) is 0 Å².